The van der Waals surface area contributed by atoms with Crippen molar-refractivity contribution < 1.29 is 0 Å². The molecule has 0 amide bonds. The summed E-state index contributed by atoms with van der Waals surface area (Å²) >= 11 is -0.253. The van der Waals surface area contributed by atoms with Crippen molar-refractivity contribution in [2.75, 3.05) is 0 Å². The quantitative estimate of drug-likeness (QED) is 0.516. The van der Waals surface area contributed by atoms with E-state index in [0.29, 0.717) is 0 Å². The van der Waals surface area contributed by atoms with Crippen LogP contribution in [0.15, 0.2) is 0 Å². The number of rotatable bonds is 1. The van der Waals surface area contributed by atoms with Gasteiger partial charge in [0.05, 0.1) is 0 Å². The van der Waals surface area contributed by atoms with Crippen molar-refractivity contribution in [2.24, 2.45) is 0 Å². The Bertz CT molecular complexity index is 30.6. The standard InChI is InChI=1S/C3H7.CH2.Sn.H/c1-3-2;;;/h3H,1-2H3;1H2;;. The van der Waals surface area contributed by atoms with Crippen LogP contribution >= 0.6 is 0 Å². The van der Waals surface area contributed by atoms with Crippen LogP contribution in [-0.4, -0.2) is 25.2 Å². The van der Waals surface area contributed by atoms with Crippen molar-refractivity contribution in [3.05, 3.63) is 0 Å². The molecule has 0 aliphatic carbocycles. The molecule has 0 heterocycles. The Morgan fingerprint density at radius 3 is 1.80 bits per heavy atom. The average molecular weight is 177 g/mol. The fourth-order valence-electron chi connectivity index (χ4n) is 0. The molecule has 0 fully saturated rings. The zero-order chi connectivity index (χ0) is 4.28. The van der Waals surface area contributed by atoms with E-state index in [9.17, 15) is 0 Å². The third kappa shape index (κ3) is 4.67. The molecule has 0 rings (SSSR count). The summed E-state index contributed by atoms with van der Waals surface area (Å²) in [5.41, 5.74) is 0. The van der Waals surface area contributed by atoms with Gasteiger partial charge in [-0.15, -0.1) is 0 Å². The van der Waals surface area contributed by atoms with Crippen LogP contribution in [0.1, 0.15) is 13.8 Å². The molecule has 0 bridgehead atoms. The molecule has 0 saturated heterocycles. The van der Waals surface area contributed by atoms with Crippen LogP contribution < -0.4 is 0 Å². The number of hydrogen-bond acceptors (Lipinski definition) is 0. The summed E-state index contributed by atoms with van der Waals surface area (Å²) in [6.07, 6.45) is 0. The van der Waals surface area contributed by atoms with Crippen molar-refractivity contribution in [2.45, 2.75) is 17.8 Å². The van der Waals surface area contributed by atoms with Gasteiger partial charge in [0.2, 0.25) is 0 Å². The predicted molar refractivity (Wildman–Crippen MR) is 29.4 cm³/mol. The van der Waals surface area contributed by atoms with E-state index in [1.54, 1.807) is 0 Å². The van der Waals surface area contributed by atoms with Gasteiger partial charge in [-0.2, -0.15) is 0 Å². The van der Waals surface area contributed by atoms with Crippen molar-refractivity contribution >= 4 is 25.2 Å². The van der Waals surface area contributed by atoms with Crippen LogP contribution in [0.25, 0.3) is 0 Å². The average Bonchev–Trinajstić information content (AvgIpc) is 1.38. The minimum absolute atomic E-state index is 0.253. The van der Waals surface area contributed by atoms with Gasteiger partial charge in [0.25, 0.3) is 0 Å². The molecule has 0 atom stereocenters. The first kappa shape index (κ1) is 5.67. The summed E-state index contributed by atoms with van der Waals surface area (Å²) in [4.78, 5) is 0. The molecule has 0 saturated carbocycles. The Morgan fingerprint density at radius 2 is 1.80 bits per heavy atom. The van der Waals surface area contributed by atoms with Crippen LogP contribution in [0.4, 0.5) is 0 Å². The maximum absolute atomic E-state index is 3.88. The molecular weight excluding hydrogens is 167 g/mol. The summed E-state index contributed by atoms with van der Waals surface area (Å²) in [5.74, 6) is 0. The van der Waals surface area contributed by atoms with Crippen LogP contribution in [0, 0.1) is 0 Å². The monoisotopic (exact) mass is 178 g/mol. The molecule has 0 aliphatic heterocycles. The summed E-state index contributed by atoms with van der Waals surface area (Å²) in [6, 6.07) is 0. The molecule has 0 aliphatic rings. The SMILES string of the molecule is [CH2]=[SnH][CH](C)C. The van der Waals surface area contributed by atoms with E-state index in [4.69, 9.17) is 0 Å². The van der Waals surface area contributed by atoms with Crippen molar-refractivity contribution in [3.8, 4) is 0 Å². The molecule has 0 radical (unpaired) electrons. The molecule has 0 aromatic carbocycles. The van der Waals surface area contributed by atoms with Crippen LogP contribution in [0.5, 0.6) is 0 Å². The van der Waals surface area contributed by atoms with Crippen molar-refractivity contribution in [3.63, 3.8) is 0 Å². The molecule has 5 heavy (non-hydrogen) atoms. The number of hydrogen-bond donors (Lipinski definition) is 0. The summed E-state index contributed by atoms with van der Waals surface area (Å²) in [7, 11) is 0. The fraction of sp³-hybridized carbons (Fsp3) is 0.750. The second-order valence-corrected chi connectivity index (χ2v) is 6.63. The zero-order valence-corrected chi connectivity index (χ0v) is 7.16. The Balaban J connectivity index is 2.83. The van der Waals surface area contributed by atoms with Crippen LogP contribution in [0.2, 0.25) is 3.93 Å². The Hall–Kier alpha value is 0.669. The second-order valence-electron chi connectivity index (χ2n) is 1.48. The first-order valence-corrected chi connectivity index (χ1v) is 6.13. The summed E-state index contributed by atoms with van der Waals surface area (Å²) < 4.78 is 4.84. The van der Waals surface area contributed by atoms with Gasteiger partial charge in [-0.3, -0.25) is 0 Å². The van der Waals surface area contributed by atoms with Crippen LogP contribution in [-0.2, 0) is 0 Å². The summed E-state index contributed by atoms with van der Waals surface area (Å²) in [5, 5.41) is 0. The molecule has 0 spiro atoms. The molecule has 0 aromatic heterocycles. The third-order valence-electron chi connectivity index (χ3n) is 0.471. The Labute approximate surface area is 43.3 Å². The van der Waals surface area contributed by atoms with Gasteiger partial charge in [-0.25, -0.2) is 0 Å². The minimum atomic E-state index is -0.253. The predicted octanol–water partition coefficient (Wildman–Crippen LogP) is 0.683. The van der Waals surface area contributed by atoms with Gasteiger partial charge in [0.1, 0.15) is 0 Å². The van der Waals surface area contributed by atoms with Gasteiger partial charge >= 0.3 is 43.0 Å². The van der Waals surface area contributed by atoms with E-state index in [1.165, 1.54) is 0 Å². The maximum atomic E-state index is 3.88. The molecular formula is C4H10Sn. The van der Waals surface area contributed by atoms with E-state index in [-0.39, 0.29) is 20.7 Å². The molecule has 1 heteroatoms. The second kappa shape index (κ2) is 2.88. The van der Waals surface area contributed by atoms with Crippen molar-refractivity contribution in [1.29, 1.82) is 0 Å². The van der Waals surface area contributed by atoms with Gasteiger partial charge in [-0.1, -0.05) is 0 Å². The molecule has 0 unspecified atom stereocenters. The third-order valence-corrected chi connectivity index (χ3v) is 3.16. The Morgan fingerprint density at radius 1 is 1.60 bits per heavy atom. The van der Waals surface area contributed by atoms with Gasteiger partial charge in [-0.05, 0) is 0 Å². The van der Waals surface area contributed by atoms with E-state index >= 15 is 0 Å². The van der Waals surface area contributed by atoms with E-state index in [0.717, 1.165) is 3.93 Å². The van der Waals surface area contributed by atoms with E-state index in [1.807, 2.05) is 0 Å². The molecule has 0 nitrogen and oxygen atoms in total. The first-order chi connectivity index (χ1) is 2.27. The zero-order valence-electron chi connectivity index (χ0n) is 3.86. The van der Waals surface area contributed by atoms with Gasteiger partial charge in [0.15, 0.2) is 0 Å². The van der Waals surface area contributed by atoms with Crippen molar-refractivity contribution in [1.82, 2.24) is 0 Å². The van der Waals surface area contributed by atoms with Gasteiger partial charge in [0, 0.05) is 0 Å². The summed E-state index contributed by atoms with van der Waals surface area (Å²) in [6.45, 7) is 4.49. The van der Waals surface area contributed by atoms with E-state index < -0.39 is 0 Å². The molecule has 0 aromatic rings. The first-order valence-electron chi connectivity index (χ1n) is 1.90. The normalized spacial score (nSPS) is 8.60. The van der Waals surface area contributed by atoms with E-state index in [2.05, 4.69) is 18.4 Å². The molecule has 30 valence electrons. The van der Waals surface area contributed by atoms with Gasteiger partial charge < -0.3 is 0 Å². The fourth-order valence-corrected chi connectivity index (χ4v) is 0. The van der Waals surface area contributed by atoms with Crippen LogP contribution in [0.3, 0.4) is 0 Å². The Kier molecular flexibility index (Phi) is 3.27. The topological polar surface area (TPSA) is 0 Å². The molecule has 0 N–H and O–H groups in total.